The van der Waals surface area contributed by atoms with Crippen molar-refractivity contribution in [2.45, 2.75) is 56.4 Å². The van der Waals surface area contributed by atoms with E-state index in [4.69, 9.17) is 16.0 Å². The van der Waals surface area contributed by atoms with Crippen LogP contribution in [-0.4, -0.2) is 69.8 Å². The zero-order valence-electron chi connectivity index (χ0n) is 18.2. The first kappa shape index (κ1) is 21.2. The molecule has 2 aliphatic heterocycles. The lowest BCUT2D eigenvalue weighted by Crippen LogP contribution is -2.50. The third-order valence-electron chi connectivity index (χ3n) is 7.34. The fourth-order valence-electron chi connectivity index (χ4n) is 5.38. The summed E-state index contributed by atoms with van der Waals surface area (Å²) in [6, 6.07) is 5.01. The average molecular weight is 459 g/mol. The van der Waals surface area contributed by atoms with Gasteiger partial charge in [0, 0.05) is 31.1 Å². The first-order chi connectivity index (χ1) is 15.4. The van der Waals surface area contributed by atoms with Crippen LogP contribution in [0.25, 0.3) is 11.1 Å². The smallest absolute Gasteiger partial charge is 0.327 e. The number of urea groups is 1. The number of likely N-dealkylation sites (tertiary alicyclic amines) is 1. The number of fused-ring (bicyclic) bond motifs is 1. The number of nitrogens with zero attached hydrogens (tertiary/aromatic N) is 4. The van der Waals surface area contributed by atoms with Gasteiger partial charge in [0.1, 0.15) is 17.6 Å². The van der Waals surface area contributed by atoms with E-state index in [1.54, 1.807) is 29.0 Å². The number of aromatic nitrogens is 1. The molecule has 4 amide bonds. The molecule has 3 heterocycles. The fraction of sp³-hybridized carbons (Fsp3) is 0.565. The van der Waals surface area contributed by atoms with Crippen molar-refractivity contribution in [3.63, 3.8) is 0 Å². The Bertz CT molecular complexity index is 1070. The van der Waals surface area contributed by atoms with Gasteiger partial charge < -0.3 is 14.2 Å². The van der Waals surface area contributed by atoms with Gasteiger partial charge in [0.2, 0.25) is 5.91 Å². The lowest BCUT2D eigenvalue weighted by molar-refractivity contribution is -0.141. The standard InChI is InChI=1S/C23H27ClN4O4/c1-26-22(31)28(21(30)23(26)9-3-2-4-10-23)14-19(29)27-11-7-15(8-12-27)20-25-17-13-16(24)5-6-18(17)32-20/h5-6,13,15H,2-4,7-12,14H2,1H3. The van der Waals surface area contributed by atoms with Gasteiger partial charge in [-0.3, -0.25) is 14.5 Å². The number of rotatable bonds is 3. The van der Waals surface area contributed by atoms with E-state index >= 15 is 0 Å². The van der Waals surface area contributed by atoms with Crippen LogP contribution >= 0.6 is 11.6 Å². The molecule has 5 rings (SSSR count). The zero-order chi connectivity index (χ0) is 22.5. The van der Waals surface area contributed by atoms with Gasteiger partial charge in [-0.1, -0.05) is 30.9 Å². The summed E-state index contributed by atoms with van der Waals surface area (Å²) in [7, 11) is 1.69. The van der Waals surface area contributed by atoms with E-state index in [0.29, 0.717) is 42.4 Å². The summed E-state index contributed by atoms with van der Waals surface area (Å²) in [6.45, 7) is 0.899. The maximum Gasteiger partial charge on any atom is 0.327 e. The van der Waals surface area contributed by atoms with Crippen LogP contribution in [0.2, 0.25) is 5.02 Å². The van der Waals surface area contributed by atoms with Crippen LogP contribution in [0.1, 0.15) is 56.8 Å². The van der Waals surface area contributed by atoms with Crippen molar-refractivity contribution in [1.82, 2.24) is 19.7 Å². The molecule has 0 radical (unpaired) electrons. The molecular formula is C23H27ClN4O4. The number of carbonyl (C=O) groups excluding carboxylic acids is 3. The second-order valence-corrected chi connectivity index (χ2v) is 9.58. The number of hydrogen-bond donors (Lipinski definition) is 0. The second-order valence-electron chi connectivity index (χ2n) is 9.14. The maximum atomic E-state index is 13.1. The molecule has 3 aliphatic rings. The molecule has 0 atom stereocenters. The number of imide groups is 1. The molecule has 1 aliphatic carbocycles. The SMILES string of the molecule is CN1C(=O)N(CC(=O)N2CCC(c3nc4cc(Cl)ccc4o3)CC2)C(=O)C12CCCCC2. The average Bonchev–Trinajstić information content (AvgIpc) is 3.30. The Morgan fingerprint density at radius 1 is 1.19 bits per heavy atom. The van der Waals surface area contributed by atoms with Crippen molar-refractivity contribution in [3.05, 3.63) is 29.1 Å². The summed E-state index contributed by atoms with van der Waals surface area (Å²) in [5, 5.41) is 0.615. The Morgan fingerprint density at radius 2 is 1.91 bits per heavy atom. The molecule has 3 fully saturated rings. The van der Waals surface area contributed by atoms with E-state index < -0.39 is 5.54 Å². The molecule has 2 saturated heterocycles. The predicted molar refractivity (Wildman–Crippen MR) is 118 cm³/mol. The summed E-state index contributed by atoms with van der Waals surface area (Å²) in [4.78, 5) is 47.9. The normalized spacial score (nSPS) is 21.9. The Kier molecular flexibility index (Phi) is 5.35. The number of amides is 4. The van der Waals surface area contributed by atoms with Gasteiger partial charge in [0.05, 0.1) is 0 Å². The van der Waals surface area contributed by atoms with Crippen molar-refractivity contribution in [3.8, 4) is 0 Å². The lowest BCUT2D eigenvalue weighted by Gasteiger charge is -2.36. The molecule has 0 unspecified atom stereocenters. The van der Waals surface area contributed by atoms with Crippen LogP contribution in [0.15, 0.2) is 22.6 Å². The minimum Gasteiger partial charge on any atom is -0.440 e. The molecule has 1 spiro atoms. The van der Waals surface area contributed by atoms with E-state index in [-0.39, 0.29) is 30.3 Å². The largest absolute Gasteiger partial charge is 0.440 e. The molecule has 0 N–H and O–H groups in total. The van der Waals surface area contributed by atoms with Gasteiger partial charge >= 0.3 is 6.03 Å². The third-order valence-corrected chi connectivity index (χ3v) is 7.58. The summed E-state index contributed by atoms with van der Waals surface area (Å²) < 4.78 is 5.89. The van der Waals surface area contributed by atoms with Gasteiger partial charge in [-0.05, 0) is 43.9 Å². The number of piperidine rings is 1. The van der Waals surface area contributed by atoms with Crippen LogP contribution in [0.3, 0.4) is 0 Å². The van der Waals surface area contributed by atoms with Gasteiger partial charge in [-0.25, -0.2) is 9.78 Å². The molecule has 1 aromatic carbocycles. The molecule has 8 nitrogen and oxygen atoms in total. The van der Waals surface area contributed by atoms with E-state index in [9.17, 15) is 14.4 Å². The minimum absolute atomic E-state index is 0.122. The van der Waals surface area contributed by atoms with Crippen molar-refractivity contribution >= 4 is 40.5 Å². The van der Waals surface area contributed by atoms with Crippen LogP contribution in [0, 0.1) is 0 Å². The molecular weight excluding hydrogens is 432 g/mol. The van der Waals surface area contributed by atoms with Gasteiger partial charge in [-0.2, -0.15) is 0 Å². The second kappa shape index (κ2) is 8.06. The highest BCUT2D eigenvalue weighted by atomic mass is 35.5. The molecule has 1 aromatic heterocycles. The highest BCUT2D eigenvalue weighted by Gasteiger charge is 2.56. The Hall–Kier alpha value is -2.61. The molecule has 2 aromatic rings. The van der Waals surface area contributed by atoms with Crippen molar-refractivity contribution in [2.75, 3.05) is 26.7 Å². The summed E-state index contributed by atoms with van der Waals surface area (Å²) in [6.07, 6.45) is 5.75. The highest BCUT2D eigenvalue weighted by molar-refractivity contribution is 6.31. The summed E-state index contributed by atoms with van der Waals surface area (Å²) >= 11 is 6.03. The molecule has 0 bridgehead atoms. The zero-order valence-corrected chi connectivity index (χ0v) is 18.9. The number of carbonyl (C=O) groups is 3. The van der Waals surface area contributed by atoms with Crippen molar-refractivity contribution in [1.29, 1.82) is 0 Å². The van der Waals surface area contributed by atoms with E-state index in [1.807, 2.05) is 6.07 Å². The topological polar surface area (TPSA) is 87.0 Å². The van der Waals surface area contributed by atoms with Gasteiger partial charge in [0.25, 0.3) is 5.91 Å². The van der Waals surface area contributed by atoms with Crippen molar-refractivity contribution in [2.24, 2.45) is 0 Å². The monoisotopic (exact) mass is 458 g/mol. The van der Waals surface area contributed by atoms with E-state index in [1.165, 1.54) is 0 Å². The van der Waals surface area contributed by atoms with Gasteiger partial charge in [0.15, 0.2) is 11.5 Å². The molecule has 1 saturated carbocycles. The first-order valence-electron chi connectivity index (χ1n) is 11.3. The highest BCUT2D eigenvalue weighted by Crippen LogP contribution is 2.39. The molecule has 32 heavy (non-hydrogen) atoms. The number of oxazole rings is 1. The minimum atomic E-state index is -0.752. The Labute approximate surface area is 191 Å². The fourth-order valence-corrected chi connectivity index (χ4v) is 5.54. The molecule has 170 valence electrons. The number of likely N-dealkylation sites (N-methyl/N-ethyl adjacent to an activating group) is 1. The Morgan fingerprint density at radius 3 is 2.62 bits per heavy atom. The predicted octanol–water partition coefficient (Wildman–Crippen LogP) is 3.78. The number of benzene rings is 1. The van der Waals surface area contributed by atoms with Crippen LogP contribution in [0.5, 0.6) is 0 Å². The maximum absolute atomic E-state index is 13.1. The number of halogens is 1. The third kappa shape index (κ3) is 3.45. The quantitative estimate of drug-likeness (QED) is 0.653. The molecule has 9 heteroatoms. The number of hydrogen-bond acceptors (Lipinski definition) is 5. The van der Waals surface area contributed by atoms with Crippen LogP contribution in [-0.2, 0) is 9.59 Å². The summed E-state index contributed by atoms with van der Waals surface area (Å²) in [5.41, 5.74) is 0.686. The van der Waals surface area contributed by atoms with Crippen molar-refractivity contribution < 1.29 is 18.8 Å². The Balaban J connectivity index is 1.22. The first-order valence-corrected chi connectivity index (χ1v) is 11.7. The van der Waals surface area contributed by atoms with Gasteiger partial charge in [-0.15, -0.1) is 0 Å². The van der Waals surface area contributed by atoms with Crippen LogP contribution in [0.4, 0.5) is 4.79 Å². The summed E-state index contributed by atoms with van der Waals surface area (Å²) in [5.74, 6) is 0.394. The lowest BCUT2D eigenvalue weighted by atomic mass is 9.81. The van der Waals surface area contributed by atoms with E-state index in [2.05, 4.69) is 4.98 Å². The van der Waals surface area contributed by atoms with Crippen LogP contribution < -0.4 is 0 Å². The van der Waals surface area contributed by atoms with E-state index in [0.717, 1.165) is 42.5 Å².